The molecular weight excluding hydrogens is 322 g/mol. The van der Waals surface area contributed by atoms with Crippen LogP contribution in [0.15, 0.2) is 54.6 Å². The van der Waals surface area contributed by atoms with Gasteiger partial charge in [-0.1, -0.05) is 30.3 Å². The third kappa shape index (κ3) is 5.76. The van der Waals surface area contributed by atoms with E-state index in [1.165, 1.54) is 6.92 Å². The molecule has 2 aromatic rings. The highest BCUT2D eigenvalue weighted by molar-refractivity contribution is 5.97. The fourth-order valence-corrected chi connectivity index (χ4v) is 2.02. The molecule has 0 unspecified atom stereocenters. The van der Waals surface area contributed by atoms with E-state index in [0.717, 1.165) is 0 Å². The minimum atomic E-state index is -0.837. The number of carbonyl (C=O) groups excluding carboxylic acids is 3. The lowest BCUT2D eigenvalue weighted by molar-refractivity contribution is -0.153. The largest absolute Gasteiger partial charge is 0.479 e. The predicted molar refractivity (Wildman–Crippen MR) is 92.6 cm³/mol. The lowest BCUT2D eigenvalue weighted by Crippen LogP contribution is -2.29. The molecule has 0 saturated heterocycles. The smallest absolute Gasteiger partial charge is 0.347 e. The Hall–Kier alpha value is -3.15. The maximum Gasteiger partial charge on any atom is 0.347 e. The van der Waals surface area contributed by atoms with Gasteiger partial charge in [0.25, 0.3) is 5.91 Å². The van der Waals surface area contributed by atoms with Gasteiger partial charge in [0.15, 0.2) is 18.5 Å². The second-order valence-corrected chi connectivity index (χ2v) is 5.37. The fourth-order valence-electron chi connectivity index (χ4n) is 2.02. The van der Waals surface area contributed by atoms with Crippen molar-refractivity contribution in [3.8, 4) is 5.75 Å². The summed E-state index contributed by atoms with van der Waals surface area (Å²) in [4.78, 5) is 35.1. The van der Waals surface area contributed by atoms with Gasteiger partial charge < -0.3 is 14.8 Å². The van der Waals surface area contributed by atoms with E-state index in [2.05, 4.69) is 5.32 Å². The first-order chi connectivity index (χ1) is 12.0. The number of para-hydroxylation sites is 1. The Morgan fingerprint density at radius 1 is 1.04 bits per heavy atom. The van der Waals surface area contributed by atoms with Crippen LogP contribution in [0, 0.1) is 0 Å². The highest BCUT2D eigenvalue weighted by Gasteiger charge is 2.17. The average Bonchev–Trinajstić information content (AvgIpc) is 2.60. The third-order valence-corrected chi connectivity index (χ3v) is 3.29. The number of benzene rings is 2. The molecule has 6 heteroatoms. The van der Waals surface area contributed by atoms with Gasteiger partial charge in [0, 0.05) is 11.3 Å². The maximum absolute atomic E-state index is 11.9. The Labute approximate surface area is 145 Å². The zero-order chi connectivity index (χ0) is 18.2. The van der Waals surface area contributed by atoms with E-state index in [1.807, 2.05) is 6.07 Å². The summed E-state index contributed by atoms with van der Waals surface area (Å²) < 4.78 is 10.4. The summed E-state index contributed by atoms with van der Waals surface area (Å²) in [5.74, 6) is -0.704. The van der Waals surface area contributed by atoms with Gasteiger partial charge in [0.05, 0.1) is 0 Å². The van der Waals surface area contributed by atoms with Crippen molar-refractivity contribution in [2.75, 3.05) is 11.9 Å². The SMILES string of the molecule is CC(=O)c1cccc(NC(=O)COC(=O)[C@H](C)Oc2ccccc2)c1. The number of carbonyl (C=O) groups is 3. The molecule has 0 aliphatic heterocycles. The number of ether oxygens (including phenoxy) is 2. The minimum absolute atomic E-state index is 0.102. The monoisotopic (exact) mass is 341 g/mol. The number of anilines is 1. The first-order valence-corrected chi connectivity index (χ1v) is 7.75. The van der Waals surface area contributed by atoms with Crippen molar-refractivity contribution in [2.45, 2.75) is 20.0 Å². The van der Waals surface area contributed by atoms with E-state index in [0.29, 0.717) is 17.0 Å². The molecule has 25 heavy (non-hydrogen) atoms. The number of Topliss-reactive ketones (excluding diaryl/α,β-unsaturated/α-hetero) is 1. The van der Waals surface area contributed by atoms with Crippen LogP contribution in [0.3, 0.4) is 0 Å². The van der Waals surface area contributed by atoms with E-state index in [9.17, 15) is 14.4 Å². The van der Waals surface area contributed by atoms with Crippen molar-refractivity contribution in [1.82, 2.24) is 0 Å². The van der Waals surface area contributed by atoms with E-state index >= 15 is 0 Å². The van der Waals surface area contributed by atoms with Gasteiger partial charge in [0.2, 0.25) is 0 Å². The first-order valence-electron chi connectivity index (χ1n) is 7.75. The molecule has 1 amide bonds. The normalized spacial score (nSPS) is 11.3. The standard InChI is InChI=1S/C19H19NO5/c1-13(21)15-7-6-8-16(11-15)20-18(22)12-24-19(23)14(2)25-17-9-4-3-5-10-17/h3-11,14H,12H2,1-2H3,(H,20,22)/t14-/m0/s1. The molecule has 2 aromatic carbocycles. The van der Waals surface area contributed by atoms with Crippen molar-refractivity contribution >= 4 is 23.3 Å². The predicted octanol–water partition coefficient (Wildman–Crippen LogP) is 2.84. The van der Waals surface area contributed by atoms with Crippen LogP contribution < -0.4 is 10.1 Å². The van der Waals surface area contributed by atoms with Crippen LogP contribution >= 0.6 is 0 Å². The number of esters is 1. The van der Waals surface area contributed by atoms with Gasteiger partial charge in [-0.3, -0.25) is 9.59 Å². The summed E-state index contributed by atoms with van der Waals surface area (Å²) in [6, 6.07) is 15.4. The molecule has 0 spiro atoms. The molecule has 6 nitrogen and oxygen atoms in total. The summed E-state index contributed by atoms with van der Waals surface area (Å²) in [6.45, 7) is 2.55. The average molecular weight is 341 g/mol. The number of hydrogen-bond acceptors (Lipinski definition) is 5. The Balaban J connectivity index is 1.82. The van der Waals surface area contributed by atoms with Crippen molar-refractivity contribution in [2.24, 2.45) is 0 Å². The molecule has 1 N–H and O–H groups in total. The van der Waals surface area contributed by atoms with Crippen LogP contribution in [0.1, 0.15) is 24.2 Å². The second-order valence-electron chi connectivity index (χ2n) is 5.37. The molecule has 0 aliphatic carbocycles. The molecule has 0 aliphatic rings. The quantitative estimate of drug-likeness (QED) is 0.618. The van der Waals surface area contributed by atoms with Gasteiger partial charge in [0.1, 0.15) is 5.75 Å². The van der Waals surface area contributed by atoms with E-state index in [1.54, 1.807) is 55.5 Å². The van der Waals surface area contributed by atoms with Crippen LogP contribution in [0.4, 0.5) is 5.69 Å². The number of amides is 1. The summed E-state index contributed by atoms with van der Waals surface area (Å²) in [6.07, 6.45) is -0.837. The molecule has 0 aromatic heterocycles. The molecule has 130 valence electrons. The van der Waals surface area contributed by atoms with Crippen molar-refractivity contribution in [3.63, 3.8) is 0 Å². The van der Waals surface area contributed by atoms with E-state index in [4.69, 9.17) is 9.47 Å². The summed E-state index contributed by atoms with van der Waals surface area (Å²) in [5, 5.41) is 2.57. The molecule has 2 rings (SSSR count). The molecule has 0 bridgehead atoms. The van der Waals surface area contributed by atoms with Crippen molar-refractivity contribution in [3.05, 3.63) is 60.2 Å². The Morgan fingerprint density at radius 3 is 2.44 bits per heavy atom. The minimum Gasteiger partial charge on any atom is -0.479 e. The Bertz CT molecular complexity index is 757. The highest BCUT2D eigenvalue weighted by atomic mass is 16.6. The van der Waals surface area contributed by atoms with Gasteiger partial charge in [-0.2, -0.15) is 0 Å². The molecule has 0 heterocycles. The second kappa shape index (κ2) is 8.63. The Morgan fingerprint density at radius 2 is 1.76 bits per heavy atom. The van der Waals surface area contributed by atoms with Crippen molar-refractivity contribution < 1.29 is 23.9 Å². The van der Waals surface area contributed by atoms with Crippen LogP contribution in [-0.2, 0) is 14.3 Å². The summed E-state index contributed by atoms with van der Waals surface area (Å²) in [5.41, 5.74) is 0.946. The third-order valence-electron chi connectivity index (χ3n) is 3.29. The summed E-state index contributed by atoms with van der Waals surface area (Å²) in [7, 11) is 0. The molecular formula is C19H19NO5. The topological polar surface area (TPSA) is 81.7 Å². The zero-order valence-electron chi connectivity index (χ0n) is 14.0. The molecule has 0 saturated carbocycles. The number of nitrogens with one attached hydrogen (secondary N) is 1. The lowest BCUT2D eigenvalue weighted by atomic mass is 10.1. The fraction of sp³-hybridized carbons (Fsp3) is 0.211. The number of hydrogen-bond donors (Lipinski definition) is 1. The van der Waals surface area contributed by atoms with Gasteiger partial charge in [-0.15, -0.1) is 0 Å². The van der Waals surface area contributed by atoms with Crippen LogP contribution in [0.5, 0.6) is 5.75 Å². The number of ketones is 1. The molecule has 1 atom stereocenters. The van der Waals surface area contributed by atoms with Crippen molar-refractivity contribution in [1.29, 1.82) is 0 Å². The summed E-state index contributed by atoms with van der Waals surface area (Å²) >= 11 is 0. The van der Waals surface area contributed by atoms with Crippen LogP contribution in [-0.4, -0.2) is 30.4 Å². The highest BCUT2D eigenvalue weighted by Crippen LogP contribution is 2.12. The van der Waals surface area contributed by atoms with E-state index in [-0.39, 0.29) is 5.78 Å². The van der Waals surface area contributed by atoms with Crippen LogP contribution in [0.2, 0.25) is 0 Å². The Kier molecular flexibility index (Phi) is 6.28. The van der Waals surface area contributed by atoms with Crippen LogP contribution in [0.25, 0.3) is 0 Å². The van der Waals surface area contributed by atoms with Gasteiger partial charge >= 0.3 is 5.97 Å². The zero-order valence-corrected chi connectivity index (χ0v) is 14.0. The van der Waals surface area contributed by atoms with E-state index < -0.39 is 24.6 Å². The lowest BCUT2D eigenvalue weighted by Gasteiger charge is -2.14. The first kappa shape index (κ1) is 18.2. The number of rotatable bonds is 7. The molecule has 0 radical (unpaired) electrons. The maximum atomic E-state index is 11.9. The molecule has 0 fully saturated rings. The van der Waals surface area contributed by atoms with Gasteiger partial charge in [-0.25, -0.2) is 4.79 Å². The van der Waals surface area contributed by atoms with Gasteiger partial charge in [-0.05, 0) is 38.1 Å².